The second-order valence-electron chi connectivity index (χ2n) is 4.77. The molecule has 0 radical (unpaired) electrons. The second-order valence-corrected chi connectivity index (χ2v) is 4.77. The number of aliphatic hydroxyl groups excluding tert-OH is 1. The van der Waals surface area contributed by atoms with Gasteiger partial charge in [0.25, 0.3) is 0 Å². The van der Waals surface area contributed by atoms with Gasteiger partial charge >= 0.3 is 0 Å². The average molecular weight is 238 g/mol. The highest BCUT2D eigenvalue weighted by molar-refractivity contribution is 5.67. The van der Waals surface area contributed by atoms with Crippen molar-refractivity contribution in [2.45, 2.75) is 25.9 Å². The van der Waals surface area contributed by atoms with Crippen molar-refractivity contribution in [1.29, 1.82) is 0 Å². The van der Waals surface area contributed by atoms with E-state index >= 15 is 0 Å². The van der Waals surface area contributed by atoms with E-state index in [9.17, 15) is 9.50 Å². The molecule has 1 aliphatic rings. The van der Waals surface area contributed by atoms with Gasteiger partial charge in [0.1, 0.15) is 5.82 Å². The van der Waals surface area contributed by atoms with E-state index in [0.717, 1.165) is 31.6 Å². The fourth-order valence-electron chi connectivity index (χ4n) is 2.41. The summed E-state index contributed by atoms with van der Waals surface area (Å²) in [5, 5.41) is 9.53. The average Bonchev–Trinajstić information content (AvgIpc) is 2.32. The molecule has 1 aromatic carbocycles. The Kier molecular flexibility index (Phi) is 3.52. The van der Waals surface area contributed by atoms with E-state index in [4.69, 9.17) is 5.73 Å². The molecule has 1 saturated heterocycles. The van der Waals surface area contributed by atoms with Crippen LogP contribution < -0.4 is 10.6 Å². The van der Waals surface area contributed by atoms with Gasteiger partial charge in [-0.25, -0.2) is 4.39 Å². The molecule has 1 fully saturated rings. The van der Waals surface area contributed by atoms with Crippen LogP contribution in [0.3, 0.4) is 0 Å². The first-order valence-electron chi connectivity index (χ1n) is 6.06. The van der Waals surface area contributed by atoms with Gasteiger partial charge in [-0.2, -0.15) is 0 Å². The fraction of sp³-hybridized carbons (Fsp3) is 0.538. The van der Waals surface area contributed by atoms with Crippen LogP contribution in [0.5, 0.6) is 0 Å². The first-order chi connectivity index (χ1) is 8.08. The third-order valence-electron chi connectivity index (χ3n) is 3.56. The van der Waals surface area contributed by atoms with E-state index in [1.54, 1.807) is 6.07 Å². The molecule has 0 amide bonds. The molecule has 1 aromatic rings. The van der Waals surface area contributed by atoms with Crippen molar-refractivity contribution in [2.75, 3.05) is 23.7 Å². The normalized spacial score (nSPS) is 19.4. The first-order valence-corrected chi connectivity index (χ1v) is 6.06. The van der Waals surface area contributed by atoms with Crippen molar-refractivity contribution < 1.29 is 9.50 Å². The van der Waals surface area contributed by atoms with E-state index in [-0.39, 0.29) is 11.9 Å². The summed E-state index contributed by atoms with van der Waals surface area (Å²) in [4.78, 5) is 2.09. The molecule has 3 N–H and O–H groups in total. The molecule has 0 aliphatic carbocycles. The second kappa shape index (κ2) is 4.92. The number of rotatable bonds is 2. The minimum Gasteiger partial charge on any atom is -0.397 e. The van der Waals surface area contributed by atoms with Crippen LogP contribution in [0.4, 0.5) is 15.8 Å². The van der Waals surface area contributed by atoms with E-state index < -0.39 is 0 Å². The minimum atomic E-state index is -0.262. The zero-order valence-electron chi connectivity index (χ0n) is 10.1. The summed E-state index contributed by atoms with van der Waals surface area (Å²) in [6.07, 6.45) is 1.59. The molecule has 4 heteroatoms. The number of hydrogen-bond acceptors (Lipinski definition) is 3. The van der Waals surface area contributed by atoms with Gasteiger partial charge in [0.2, 0.25) is 0 Å². The van der Waals surface area contributed by atoms with Crippen LogP contribution in [0.25, 0.3) is 0 Å². The van der Waals surface area contributed by atoms with Gasteiger partial charge in [-0.05, 0) is 43.9 Å². The van der Waals surface area contributed by atoms with Gasteiger partial charge in [-0.3, -0.25) is 0 Å². The molecule has 2 rings (SSSR count). The number of nitrogen functional groups attached to an aromatic ring is 1. The number of piperidine rings is 1. The highest BCUT2D eigenvalue weighted by Gasteiger charge is 2.23. The van der Waals surface area contributed by atoms with E-state index in [1.165, 1.54) is 12.1 Å². The Morgan fingerprint density at radius 2 is 2.06 bits per heavy atom. The SMILES string of the molecule is CC(O)C1CCN(c2cc(F)ccc2N)CC1. The maximum atomic E-state index is 13.2. The molecule has 3 nitrogen and oxygen atoms in total. The Morgan fingerprint density at radius 1 is 1.41 bits per heavy atom. The van der Waals surface area contributed by atoms with Crippen molar-refractivity contribution in [3.8, 4) is 0 Å². The minimum absolute atomic E-state index is 0.258. The zero-order valence-corrected chi connectivity index (χ0v) is 10.1. The van der Waals surface area contributed by atoms with Crippen LogP contribution in [-0.4, -0.2) is 24.3 Å². The lowest BCUT2D eigenvalue weighted by atomic mass is 9.92. The lowest BCUT2D eigenvalue weighted by Crippen LogP contribution is -2.37. The molecule has 0 saturated carbocycles. The summed E-state index contributed by atoms with van der Waals surface area (Å²) >= 11 is 0. The molecule has 1 aliphatic heterocycles. The number of halogens is 1. The monoisotopic (exact) mass is 238 g/mol. The molecule has 0 bridgehead atoms. The Bertz CT molecular complexity index is 387. The molecular weight excluding hydrogens is 219 g/mol. The largest absolute Gasteiger partial charge is 0.397 e. The summed E-state index contributed by atoms with van der Waals surface area (Å²) in [6, 6.07) is 4.46. The van der Waals surface area contributed by atoms with E-state index in [1.807, 2.05) is 6.92 Å². The number of nitrogens with two attached hydrogens (primary N) is 1. The van der Waals surface area contributed by atoms with Gasteiger partial charge in [-0.15, -0.1) is 0 Å². The first kappa shape index (κ1) is 12.2. The van der Waals surface area contributed by atoms with Gasteiger partial charge in [0.05, 0.1) is 17.5 Å². The topological polar surface area (TPSA) is 49.5 Å². The lowest BCUT2D eigenvalue weighted by Gasteiger charge is -2.35. The summed E-state index contributed by atoms with van der Waals surface area (Å²) < 4.78 is 13.2. The third kappa shape index (κ3) is 2.69. The fourth-order valence-corrected chi connectivity index (χ4v) is 2.41. The van der Waals surface area contributed by atoms with Gasteiger partial charge in [-0.1, -0.05) is 0 Å². The quantitative estimate of drug-likeness (QED) is 0.775. The Morgan fingerprint density at radius 3 is 2.65 bits per heavy atom. The Balaban J connectivity index is 2.07. The van der Waals surface area contributed by atoms with Gasteiger partial charge in [0, 0.05) is 13.1 Å². The molecule has 0 spiro atoms. The molecule has 94 valence electrons. The summed E-state index contributed by atoms with van der Waals surface area (Å²) in [5.41, 5.74) is 7.24. The van der Waals surface area contributed by atoms with Crippen LogP contribution in [0, 0.1) is 11.7 Å². The zero-order chi connectivity index (χ0) is 12.4. The van der Waals surface area contributed by atoms with Crippen LogP contribution >= 0.6 is 0 Å². The molecule has 1 unspecified atom stereocenters. The predicted molar refractivity (Wildman–Crippen MR) is 67.4 cm³/mol. The number of hydrogen-bond donors (Lipinski definition) is 2. The summed E-state index contributed by atoms with van der Waals surface area (Å²) in [5.74, 6) is 0.0906. The van der Waals surface area contributed by atoms with E-state index in [0.29, 0.717) is 11.6 Å². The van der Waals surface area contributed by atoms with Gasteiger partial charge < -0.3 is 15.7 Å². The maximum absolute atomic E-state index is 13.2. The number of nitrogens with zero attached hydrogens (tertiary/aromatic N) is 1. The van der Waals surface area contributed by atoms with Crippen molar-refractivity contribution in [1.82, 2.24) is 0 Å². The molecule has 1 heterocycles. The third-order valence-corrected chi connectivity index (χ3v) is 3.56. The maximum Gasteiger partial charge on any atom is 0.125 e. The molecule has 1 atom stereocenters. The van der Waals surface area contributed by atoms with Crippen molar-refractivity contribution in [2.24, 2.45) is 5.92 Å². The summed E-state index contributed by atoms with van der Waals surface area (Å²) in [7, 11) is 0. The summed E-state index contributed by atoms with van der Waals surface area (Å²) in [6.45, 7) is 3.48. The van der Waals surface area contributed by atoms with Crippen molar-refractivity contribution in [3.63, 3.8) is 0 Å². The van der Waals surface area contributed by atoms with Crippen molar-refractivity contribution in [3.05, 3.63) is 24.0 Å². The predicted octanol–water partition coefficient (Wildman–Crippen LogP) is 2.01. The van der Waals surface area contributed by atoms with E-state index in [2.05, 4.69) is 4.90 Å². The van der Waals surface area contributed by atoms with Gasteiger partial charge in [0.15, 0.2) is 0 Å². The lowest BCUT2D eigenvalue weighted by molar-refractivity contribution is 0.110. The number of anilines is 2. The Labute approximate surface area is 101 Å². The smallest absolute Gasteiger partial charge is 0.125 e. The van der Waals surface area contributed by atoms with Crippen LogP contribution in [0.2, 0.25) is 0 Å². The Hall–Kier alpha value is -1.29. The van der Waals surface area contributed by atoms with Crippen LogP contribution in [0.15, 0.2) is 18.2 Å². The highest BCUT2D eigenvalue weighted by atomic mass is 19.1. The van der Waals surface area contributed by atoms with Crippen molar-refractivity contribution >= 4 is 11.4 Å². The number of benzene rings is 1. The molecular formula is C13H19FN2O. The molecule has 0 aromatic heterocycles. The number of aliphatic hydroxyl groups is 1. The van der Waals surface area contributed by atoms with Crippen LogP contribution in [0.1, 0.15) is 19.8 Å². The van der Waals surface area contributed by atoms with Crippen LogP contribution in [-0.2, 0) is 0 Å². The standard InChI is InChI=1S/C13H19FN2O/c1-9(17)10-4-6-16(7-5-10)13-8-11(14)2-3-12(13)15/h2-3,8-10,17H,4-7,15H2,1H3. The molecule has 17 heavy (non-hydrogen) atoms. The highest BCUT2D eigenvalue weighted by Crippen LogP contribution is 2.29.